The molecule has 0 N–H and O–H groups in total. The van der Waals surface area contributed by atoms with Crippen molar-refractivity contribution in [1.82, 2.24) is 9.21 Å². The normalized spacial score (nSPS) is 20.2. The van der Waals surface area contributed by atoms with Crippen LogP contribution in [-0.4, -0.2) is 61.4 Å². The van der Waals surface area contributed by atoms with E-state index in [0.717, 1.165) is 37.8 Å². The van der Waals surface area contributed by atoms with Crippen LogP contribution in [0, 0.1) is 5.92 Å². The van der Waals surface area contributed by atoms with Crippen LogP contribution < -0.4 is 0 Å². The van der Waals surface area contributed by atoms with Gasteiger partial charge in [-0.05, 0) is 25.3 Å². The SMILES string of the molecule is CC(C)CCS(=O)(=O)N1CCCN(CCBr)CC1. The third-order valence-corrected chi connectivity index (χ3v) is 5.55. The zero-order valence-electron chi connectivity index (χ0n) is 11.4. The van der Waals surface area contributed by atoms with Gasteiger partial charge in [0.05, 0.1) is 5.75 Å². The average molecular weight is 341 g/mol. The molecule has 1 saturated heterocycles. The van der Waals surface area contributed by atoms with Crippen molar-refractivity contribution in [2.45, 2.75) is 26.7 Å². The van der Waals surface area contributed by atoms with Gasteiger partial charge in [0.25, 0.3) is 0 Å². The molecule has 1 rings (SSSR count). The van der Waals surface area contributed by atoms with Crippen LogP contribution in [0.25, 0.3) is 0 Å². The summed E-state index contributed by atoms with van der Waals surface area (Å²) in [5.41, 5.74) is 0. The van der Waals surface area contributed by atoms with Crippen molar-refractivity contribution in [1.29, 1.82) is 0 Å². The summed E-state index contributed by atoms with van der Waals surface area (Å²) >= 11 is 3.43. The molecule has 0 aromatic rings. The minimum atomic E-state index is -3.05. The van der Waals surface area contributed by atoms with E-state index in [9.17, 15) is 8.42 Å². The quantitative estimate of drug-likeness (QED) is 0.692. The number of alkyl halides is 1. The van der Waals surface area contributed by atoms with Crippen molar-refractivity contribution < 1.29 is 8.42 Å². The molecule has 0 saturated carbocycles. The molecule has 18 heavy (non-hydrogen) atoms. The van der Waals surface area contributed by atoms with E-state index in [0.29, 0.717) is 24.8 Å². The summed E-state index contributed by atoms with van der Waals surface area (Å²) in [7, 11) is -3.05. The van der Waals surface area contributed by atoms with Crippen molar-refractivity contribution in [3.05, 3.63) is 0 Å². The van der Waals surface area contributed by atoms with Crippen LogP contribution >= 0.6 is 15.9 Å². The number of sulfonamides is 1. The highest BCUT2D eigenvalue weighted by molar-refractivity contribution is 9.09. The molecule has 1 aliphatic heterocycles. The first kappa shape index (κ1) is 16.4. The monoisotopic (exact) mass is 340 g/mol. The summed E-state index contributed by atoms with van der Waals surface area (Å²) in [5.74, 6) is 0.736. The average Bonchev–Trinajstić information content (AvgIpc) is 2.53. The highest BCUT2D eigenvalue weighted by Crippen LogP contribution is 2.12. The van der Waals surface area contributed by atoms with E-state index in [1.807, 2.05) is 0 Å². The zero-order valence-corrected chi connectivity index (χ0v) is 13.8. The molecular formula is C12H25BrN2O2S. The van der Waals surface area contributed by atoms with Gasteiger partial charge in [0.1, 0.15) is 0 Å². The van der Waals surface area contributed by atoms with Gasteiger partial charge in [-0.15, -0.1) is 0 Å². The predicted molar refractivity (Wildman–Crippen MR) is 79.7 cm³/mol. The van der Waals surface area contributed by atoms with Crippen LogP contribution in [0.15, 0.2) is 0 Å². The van der Waals surface area contributed by atoms with Crippen LogP contribution in [0.4, 0.5) is 0 Å². The second-order valence-electron chi connectivity index (χ2n) is 5.28. The maximum absolute atomic E-state index is 12.2. The van der Waals surface area contributed by atoms with Crippen molar-refractivity contribution in [2.75, 3.05) is 43.8 Å². The Morgan fingerprint density at radius 3 is 2.50 bits per heavy atom. The summed E-state index contributed by atoms with van der Waals surface area (Å²) in [6, 6.07) is 0. The van der Waals surface area contributed by atoms with Crippen molar-refractivity contribution >= 4 is 26.0 Å². The molecule has 1 fully saturated rings. The van der Waals surface area contributed by atoms with Crippen molar-refractivity contribution in [2.24, 2.45) is 5.92 Å². The summed E-state index contributed by atoms with van der Waals surface area (Å²) < 4.78 is 26.1. The Kier molecular flexibility index (Phi) is 7.13. The second kappa shape index (κ2) is 7.82. The van der Waals surface area contributed by atoms with Crippen LogP contribution in [-0.2, 0) is 10.0 Å². The molecule has 108 valence electrons. The van der Waals surface area contributed by atoms with Gasteiger partial charge in [-0.1, -0.05) is 29.8 Å². The highest BCUT2D eigenvalue weighted by atomic mass is 79.9. The summed E-state index contributed by atoms with van der Waals surface area (Å²) in [4.78, 5) is 2.33. The first-order chi connectivity index (χ1) is 8.45. The molecule has 1 heterocycles. The standard InChI is InChI=1S/C12H25BrN2O2S/c1-12(2)4-11-18(16,17)15-7-3-6-14(8-5-13)9-10-15/h12H,3-11H2,1-2H3. The predicted octanol–water partition coefficient (Wildman–Crippen LogP) is 1.76. The van der Waals surface area contributed by atoms with Crippen molar-refractivity contribution in [3.8, 4) is 0 Å². The van der Waals surface area contributed by atoms with Gasteiger partial charge in [-0.3, -0.25) is 0 Å². The van der Waals surface area contributed by atoms with Gasteiger partial charge < -0.3 is 4.90 Å². The van der Waals surface area contributed by atoms with E-state index < -0.39 is 10.0 Å². The highest BCUT2D eigenvalue weighted by Gasteiger charge is 2.24. The van der Waals surface area contributed by atoms with E-state index >= 15 is 0 Å². The smallest absolute Gasteiger partial charge is 0.214 e. The lowest BCUT2D eigenvalue weighted by Crippen LogP contribution is -2.37. The van der Waals surface area contributed by atoms with Crippen LogP contribution in [0.1, 0.15) is 26.7 Å². The Labute approximate surface area is 120 Å². The minimum absolute atomic E-state index is 0.295. The molecule has 0 radical (unpaired) electrons. The number of halogens is 1. The van der Waals surface area contributed by atoms with E-state index in [4.69, 9.17) is 0 Å². The summed E-state index contributed by atoms with van der Waals surface area (Å²) in [6.45, 7) is 8.31. The molecule has 0 unspecified atom stereocenters. The van der Waals surface area contributed by atoms with Gasteiger partial charge in [0.2, 0.25) is 10.0 Å². The topological polar surface area (TPSA) is 40.6 Å². The number of rotatable bonds is 6. The molecule has 0 aromatic heterocycles. The molecule has 4 nitrogen and oxygen atoms in total. The van der Waals surface area contributed by atoms with E-state index in [2.05, 4.69) is 34.7 Å². The van der Waals surface area contributed by atoms with Crippen molar-refractivity contribution in [3.63, 3.8) is 0 Å². The molecule has 0 aliphatic carbocycles. The summed E-state index contributed by atoms with van der Waals surface area (Å²) in [5, 5.41) is 0.951. The molecule has 6 heteroatoms. The first-order valence-electron chi connectivity index (χ1n) is 6.72. The van der Waals surface area contributed by atoms with E-state index in [-0.39, 0.29) is 0 Å². The fourth-order valence-corrected chi connectivity index (χ4v) is 4.38. The third kappa shape index (κ3) is 5.55. The van der Waals surface area contributed by atoms with Crippen LogP contribution in [0.5, 0.6) is 0 Å². The van der Waals surface area contributed by atoms with Gasteiger partial charge >= 0.3 is 0 Å². The maximum Gasteiger partial charge on any atom is 0.214 e. The van der Waals surface area contributed by atoms with Crippen LogP contribution in [0.3, 0.4) is 0 Å². The maximum atomic E-state index is 12.2. The number of hydrogen-bond acceptors (Lipinski definition) is 3. The summed E-state index contributed by atoms with van der Waals surface area (Å²) in [6.07, 6.45) is 1.69. The lowest BCUT2D eigenvalue weighted by Gasteiger charge is -2.21. The fourth-order valence-electron chi connectivity index (χ4n) is 2.08. The minimum Gasteiger partial charge on any atom is -0.301 e. The Hall–Kier alpha value is 0.350. The Morgan fingerprint density at radius 1 is 1.17 bits per heavy atom. The Bertz CT molecular complexity index is 333. The lowest BCUT2D eigenvalue weighted by atomic mass is 10.2. The fraction of sp³-hybridized carbons (Fsp3) is 1.00. The molecule has 0 bridgehead atoms. The molecule has 0 atom stereocenters. The lowest BCUT2D eigenvalue weighted by molar-refractivity contribution is 0.305. The molecule has 0 amide bonds. The van der Waals surface area contributed by atoms with Gasteiger partial charge in [0, 0.05) is 31.5 Å². The molecule has 0 aromatic carbocycles. The van der Waals surface area contributed by atoms with E-state index in [1.54, 1.807) is 4.31 Å². The van der Waals surface area contributed by atoms with Crippen LogP contribution in [0.2, 0.25) is 0 Å². The third-order valence-electron chi connectivity index (χ3n) is 3.29. The molecule has 1 aliphatic rings. The van der Waals surface area contributed by atoms with Gasteiger partial charge in [-0.2, -0.15) is 0 Å². The first-order valence-corrected chi connectivity index (χ1v) is 9.45. The van der Waals surface area contributed by atoms with Gasteiger partial charge in [0.15, 0.2) is 0 Å². The van der Waals surface area contributed by atoms with E-state index in [1.165, 1.54) is 0 Å². The Morgan fingerprint density at radius 2 is 1.89 bits per heavy atom. The number of nitrogens with zero attached hydrogens (tertiary/aromatic N) is 2. The number of hydrogen-bond donors (Lipinski definition) is 0. The zero-order chi connectivity index (χ0) is 13.6. The largest absolute Gasteiger partial charge is 0.301 e. The van der Waals surface area contributed by atoms with Gasteiger partial charge in [-0.25, -0.2) is 12.7 Å². The molecular weight excluding hydrogens is 316 g/mol. The second-order valence-corrected chi connectivity index (χ2v) is 8.16. The Balaban J connectivity index is 2.51. The molecule has 0 spiro atoms.